The highest BCUT2D eigenvalue weighted by atomic mass is 19.1. The van der Waals surface area contributed by atoms with Crippen LogP contribution < -0.4 is 10.6 Å². The number of amides is 3. The van der Waals surface area contributed by atoms with E-state index in [2.05, 4.69) is 15.7 Å². The van der Waals surface area contributed by atoms with Crippen LogP contribution in [0.4, 0.5) is 4.39 Å². The van der Waals surface area contributed by atoms with E-state index in [1.807, 2.05) is 13.8 Å². The maximum atomic E-state index is 13.1. The number of hydrogen-bond donors (Lipinski definition) is 2. The normalized spacial score (nSPS) is 17.8. The number of carbonyl (C=O) groups excluding carboxylic acids is 3. The SMILES string of the molecule is CC(C)OCCCNC(=O)c1cc2n(n1)C[C@](C)(C(=O)NCc1ccc(F)cc1)N(C)C2=O. The van der Waals surface area contributed by atoms with Crippen LogP contribution in [0.5, 0.6) is 0 Å². The van der Waals surface area contributed by atoms with Gasteiger partial charge >= 0.3 is 0 Å². The molecule has 3 rings (SSSR count). The predicted molar refractivity (Wildman–Crippen MR) is 119 cm³/mol. The summed E-state index contributed by atoms with van der Waals surface area (Å²) in [6.07, 6.45) is 0.789. The third-order valence-electron chi connectivity index (χ3n) is 5.65. The highest BCUT2D eigenvalue weighted by Crippen LogP contribution is 2.26. The summed E-state index contributed by atoms with van der Waals surface area (Å²) in [6, 6.07) is 7.24. The number of halogens is 1. The van der Waals surface area contributed by atoms with E-state index in [9.17, 15) is 18.8 Å². The van der Waals surface area contributed by atoms with Gasteiger partial charge in [0.2, 0.25) is 5.91 Å². The van der Waals surface area contributed by atoms with Gasteiger partial charge in [0.05, 0.1) is 12.6 Å². The first-order valence-corrected chi connectivity index (χ1v) is 10.9. The second-order valence-corrected chi connectivity index (χ2v) is 8.55. The number of aromatic nitrogens is 2. The minimum atomic E-state index is -1.21. The van der Waals surface area contributed by atoms with Crippen molar-refractivity contribution in [2.24, 2.45) is 0 Å². The molecule has 1 aliphatic rings. The van der Waals surface area contributed by atoms with Crippen molar-refractivity contribution in [2.45, 2.75) is 51.9 Å². The summed E-state index contributed by atoms with van der Waals surface area (Å²) in [5.74, 6) is -1.53. The van der Waals surface area contributed by atoms with Crippen molar-refractivity contribution in [3.8, 4) is 0 Å². The number of hydrogen-bond acceptors (Lipinski definition) is 5. The van der Waals surface area contributed by atoms with E-state index in [1.54, 1.807) is 26.1 Å². The molecular weight excluding hydrogens is 429 g/mol. The van der Waals surface area contributed by atoms with Crippen molar-refractivity contribution in [3.63, 3.8) is 0 Å². The molecule has 178 valence electrons. The predicted octanol–water partition coefficient (Wildman–Crippen LogP) is 1.73. The van der Waals surface area contributed by atoms with E-state index < -0.39 is 11.4 Å². The van der Waals surface area contributed by atoms with Crippen molar-refractivity contribution in [2.75, 3.05) is 20.2 Å². The van der Waals surface area contributed by atoms with Crippen LogP contribution in [0.15, 0.2) is 30.3 Å². The Morgan fingerprint density at radius 1 is 1.24 bits per heavy atom. The van der Waals surface area contributed by atoms with Crippen LogP contribution in [0.25, 0.3) is 0 Å². The molecule has 0 unspecified atom stereocenters. The molecule has 0 fully saturated rings. The molecule has 0 radical (unpaired) electrons. The molecule has 0 aliphatic carbocycles. The number of benzene rings is 1. The molecule has 9 nitrogen and oxygen atoms in total. The summed E-state index contributed by atoms with van der Waals surface area (Å²) in [5.41, 5.74) is -0.115. The molecule has 2 aromatic rings. The first-order valence-electron chi connectivity index (χ1n) is 10.9. The molecule has 1 atom stereocenters. The van der Waals surface area contributed by atoms with Crippen molar-refractivity contribution in [3.05, 3.63) is 53.1 Å². The topological polar surface area (TPSA) is 106 Å². The highest BCUT2D eigenvalue weighted by Gasteiger charge is 2.46. The fraction of sp³-hybridized carbons (Fsp3) is 0.478. The van der Waals surface area contributed by atoms with Gasteiger partial charge in [-0.25, -0.2) is 4.39 Å². The largest absolute Gasteiger partial charge is 0.379 e. The molecule has 10 heteroatoms. The summed E-state index contributed by atoms with van der Waals surface area (Å²) < 4.78 is 19.9. The first-order chi connectivity index (χ1) is 15.6. The van der Waals surface area contributed by atoms with Crippen molar-refractivity contribution < 1.29 is 23.5 Å². The lowest BCUT2D eigenvalue weighted by Crippen LogP contribution is -2.62. The van der Waals surface area contributed by atoms with Crippen LogP contribution in [0.1, 0.15) is 53.7 Å². The van der Waals surface area contributed by atoms with E-state index in [1.165, 1.54) is 27.8 Å². The van der Waals surface area contributed by atoms with Gasteiger partial charge in [0.15, 0.2) is 5.69 Å². The summed E-state index contributed by atoms with van der Waals surface area (Å²) in [4.78, 5) is 39.8. The van der Waals surface area contributed by atoms with E-state index >= 15 is 0 Å². The molecule has 0 saturated carbocycles. The lowest BCUT2D eigenvalue weighted by Gasteiger charge is -2.40. The Morgan fingerprint density at radius 2 is 1.94 bits per heavy atom. The van der Waals surface area contributed by atoms with Gasteiger partial charge in [-0.3, -0.25) is 19.1 Å². The molecule has 33 heavy (non-hydrogen) atoms. The summed E-state index contributed by atoms with van der Waals surface area (Å²) >= 11 is 0. The second-order valence-electron chi connectivity index (χ2n) is 8.55. The monoisotopic (exact) mass is 459 g/mol. The fourth-order valence-corrected chi connectivity index (χ4v) is 3.50. The van der Waals surface area contributed by atoms with Gasteiger partial charge in [-0.2, -0.15) is 5.10 Å². The number of nitrogens with zero attached hydrogens (tertiary/aromatic N) is 3. The smallest absolute Gasteiger partial charge is 0.272 e. The molecule has 1 aromatic carbocycles. The quantitative estimate of drug-likeness (QED) is 0.556. The number of fused-ring (bicyclic) bond motifs is 1. The van der Waals surface area contributed by atoms with Gasteiger partial charge in [0, 0.05) is 32.8 Å². The fourth-order valence-electron chi connectivity index (χ4n) is 3.50. The Morgan fingerprint density at radius 3 is 2.61 bits per heavy atom. The lowest BCUT2D eigenvalue weighted by atomic mass is 9.96. The zero-order valence-corrected chi connectivity index (χ0v) is 19.4. The Kier molecular flexibility index (Phi) is 7.47. The zero-order valence-electron chi connectivity index (χ0n) is 19.4. The Labute approximate surface area is 192 Å². The molecule has 1 aromatic heterocycles. The second kappa shape index (κ2) is 10.1. The molecule has 1 aliphatic heterocycles. The van der Waals surface area contributed by atoms with Crippen LogP contribution in [0.3, 0.4) is 0 Å². The summed E-state index contributed by atoms with van der Waals surface area (Å²) in [6.45, 7) is 6.77. The summed E-state index contributed by atoms with van der Waals surface area (Å²) in [5, 5.41) is 9.84. The number of carbonyl (C=O) groups is 3. The Hall–Kier alpha value is -3.27. The minimum Gasteiger partial charge on any atom is -0.379 e. The van der Waals surface area contributed by atoms with Crippen LogP contribution >= 0.6 is 0 Å². The lowest BCUT2D eigenvalue weighted by molar-refractivity contribution is -0.132. The van der Waals surface area contributed by atoms with Crippen molar-refractivity contribution in [1.82, 2.24) is 25.3 Å². The zero-order chi connectivity index (χ0) is 24.2. The van der Waals surface area contributed by atoms with Gasteiger partial charge < -0.3 is 20.3 Å². The Balaban J connectivity index is 1.65. The standard InChI is InChI=1S/C23H30FN5O4/c1-15(2)33-11-5-10-25-20(30)18-12-19-21(31)28(4)23(3,14-29(19)27-18)22(32)26-13-16-6-8-17(24)9-7-16/h6-9,12,15H,5,10-11,13-14H2,1-4H3,(H,25,30)(H,26,32)/t23-/m1/s1. The molecule has 0 saturated heterocycles. The number of nitrogens with one attached hydrogen (secondary N) is 2. The average Bonchev–Trinajstić information content (AvgIpc) is 3.20. The molecule has 3 amide bonds. The van der Waals surface area contributed by atoms with Gasteiger partial charge in [0.25, 0.3) is 11.8 Å². The van der Waals surface area contributed by atoms with Crippen molar-refractivity contribution in [1.29, 1.82) is 0 Å². The Bertz CT molecular complexity index is 1020. The minimum absolute atomic E-state index is 0.0926. The van der Waals surface area contributed by atoms with E-state index in [4.69, 9.17) is 4.74 Å². The van der Waals surface area contributed by atoms with E-state index in [0.717, 1.165) is 5.56 Å². The van der Waals surface area contributed by atoms with Gasteiger partial charge in [0.1, 0.15) is 17.1 Å². The molecule has 0 bridgehead atoms. The average molecular weight is 460 g/mol. The molecular formula is C23H30FN5O4. The summed E-state index contributed by atoms with van der Waals surface area (Å²) in [7, 11) is 1.55. The maximum Gasteiger partial charge on any atom is 0.272 e. The molecule has 2 heterocycles. The van der Waals surface area contributed by atoms with Crippen LogP contribution in [0.2, 0.25) is 0 Å². The molecule has 0 spiro atoms. The van der Waals surface area contributed by atoms with Crippen LogP contribution in [-0.2, 0) is 22.6 Å². The number of rotatable bonds is 9. The number of ether oxygens (including phenoxy) is 1. The third-order valence-corrected chi connectivity index (χ3v) is 5.65. The van der Waals surface area contributed by atoms with E-state index in [0.29, 0.717) is 19.6 Å². The molecule has 2 N–H and O–H groups in total. The van der Waals surface area contributed by atoms with Gasteiger partial charge in [-0.05, 0) is 44.9 Å². The van der Waals surface area contributed by atoms with E-state index in [-0.39, 0.29) is 48.2 Å². The third kappa shape index (κ3) is 5.57. The van der Waals surface area contributed by atoms with Gasteiger partial charge in [-0.15, -0.1) is 0 Å². The van der Waals surface area contributed by atoms with Crippen LogP contribution in [0, 0.1) is 5.82 Å². The number of likely N-dealkylation sites (N-methyl/N-ethyl adjacent to an activating group) is 1. The van der Waals surface area contributed by atoms with Crippen molar-refractivity contribution >= 4 is 17.7 Å². The highest BCUT2D eigenvalue weighted by molar-refractivity contribution is 6.01. The van der Waals surface area contributed by atoms with Gasteiger partial charge in [-0.1, -0.05) is 12.1 Å². The van der Waals surface area contributed by atoms with Crippen LogP contribution in [-0.4, -0.2) is 64.2 Å². The first kappa shape index (κ1) is 24.4. The maximum absolute atomic E-state index is 13.1.